The minimum atomic E-state index is -3.63. The minimum absolute atomic E-state index is 0.199. The normalized spacial score (nSPS) is 20.7. The van der Waals surface area contributed by atoms with E-state index in [0.717, 1.165) is 4.31 Å². The smallest absolute Gasteiger partial charge is 0.308 e. The Hall–Kier alpha value is -0.330. The molecule has 1 aliphatic heterocycles. The molecule has 0 unspecified atom stereocenters. The van der Waals surface area contributed by atoms with Gasteiger partial charge in [0.2, 0.25) is 0 Å². The van der Waals surface area contributed by atoms with Gasteiger partial charge in [0.1, 0.15) is 0 Å². The first-order chi connectivity index (χ1) is 6.45. The Morgan fingerprint density at radius 3 is 2.29 bits per heavy atom. The predicted molar refractivity (Wildman–Crippen MR) is 51.1 cm³/mol. The molecule has 0 spiro atoms. The highest BCUT2D eigenvalue weighted by molar-refractivity contribution is 8.11. The standard InChI is InChI=1S/C7H12ClNO4S/c1-13-7(10)6-2-4-9(5-3-6)14(8,11)12/h6H,2-5H2,1H3. The van der Waals surface area contributed by atoms with Crippen molar-refractivity contribution in [3.63, 3.8) is 0 Å². The van der Waals surface area contributed by atoms with Crippen LogP contribution in [0.1, 0.15) is 12.8 Å². The fraction of sp³-hybridized carbons (Fsp3) is 0.857. The molecule has 0 bridgehead atoms. The average Bonchev–Trinajstić information content (AvgIpc) is 2.15. The third-order valence-electron chi connectivity index (χ3n) is 2.30. The van der Waals surface area contributed by atoms with Crippen LogP contribution in [0.15, 0.2) is 0 Å². The van der Waals surface area contributed by atoms with Crippen LogP contribution >= 0.6 is 10.7 Å². The van der Waals surface area contributed by atoms with E-state index in [0.29, 0.717) is 12.8 Å². The number of piperidine rings is 1. The molecule has 0 aromatic carbocycles. The van der Waals surface area contributed by atoms with Gasteiger partial charge in [-0.15, -0.1) is 0 Å². The lowest BCUT2D eigenvalue weighted by molar-refractivity contribution is -0.146. The summed E-state index contributed by atoms with van der Waals surface area (Å²) in [5.41, 5.74) is 0. The third kappa shape index (κ3) is 2.83. The topological polar surface area (TPSA) is 63.7 Å². The van der Waals surface area contributed by atoms with Crippen molar-refractivity contribution in [2.75, 3.05) is 20.2 Å². The van der Waals surface area contributed by atoms with Gasteiger partial charge in [-0.25, -0.2) is 0 Å². The molecule has 0 N–H and O–H groups in total. The summed E-state index contributed by atoms with van der Waals surface area (Å²) < 4.78 is 27.5. The van der Waals surface area contributed by atoms with Gasteiger partial charge in [-0.3, -0.25) is 4.79 Å². The molecular formula is C7H12ClNO4S. The number of hydrogen-bond acceptors (Lipinski definition) is 4. The van der Waals surface area contributed by atoms with Crippen LogP contribution in [0.5, 0.6) is 0 Å². The SMILES string of the molecule is COC(=O)C1CCN(S(=O)(=O)Cl)CC1. The van der Waals surface area contributed by atoms with Gasteiger partial charge in [-0.2, -0.15) is 12.7 Å². The van der Waals surface area contributed by atoms with E-state index in [1.807, 2.05) is 0 Å². The van der Waals surface area contributed by atoms with Gasteiger partial charge in [-0.1, -0.05) is 0 Å². The average molecular weight is 242 g/mol. The molecule has 1 saturated heterocycles. The van der Waals surface area contributed by atoms with Gasteiger partial charge >= 0.3 is 5.97 Å². The monoisotopic (exact) mass is 241 g/mol. The highest BCUT2D eigenvalue weighted by atomic mass is 35.7. The van der Waals surface area contributed by atoms with Crippen LogP contribution in [-0.2, 0) is 18.8 Å². The number of esters is 1. The first kappa shape index (κ1) is 11.7. The number of carbonyl (C=O) groups excluding carboxylic acids is 1. The van der Waals surface area contributed by atoms with Crippen molar-refractivity contribution in [3.8, 4) is 0 Å². The van der Waals surface area contributed by atoms with E-state index in [2.05, 4.69) is 4.74 Å². The van der Waals surface area contributed by atoms with Crippen LogP contribution in [0.2, 0.25) is 0 Å². The lowest BCUT2D eigenvalue weighted by Gasteiger charge is -2.27. The van der Waals surface area contributed by atoms with Crippen molar-refractivity contribution in [2.24, 2.45) is 5.92 Å². The molecule has 0 aromatic heterocycles. The second-order valence-electron chi connectivity index (χ2n) is 3.14. The van der Waals surface area contributed by atoms with E-state index in [4.69, 9.17) is 10.7 Å². The maximum atomic E-state index is 11.1. The Labute approximate surface area is 87.5 Å². The zero-order valence-electron chi connectivity index (χ0n) is 7.77. The number of hydrogen-bond donors (Lipinski definition) is 0. The Kier molecular flexibility index (Phi) is 3.74. The van der Waals surface area contributed by atoms with Gasteiger partial charge in [0.15, 0.2) is 0 Å². The largest absolute Gasteiger partial charge is 0.469 e. The van der Waals surface area contributed by atoms with E-state index in [-0.39, 0.29) is 25.0 Å². The molecule has 0 radical (unpaired) electrons. The molecule has 1 fully saturated rings. The summed E-state index contributed by atoms with van der Waals surface area (Å²) in [7, 11) is 2.85. The van der Waals surface area contributed by atoms with Gasteiger partial charge in [0, 0.05) is 23.8 Å². The van der Waals surface area contributed by atoms with Gasteiger partial charge in [0.05, 0.1) is 13.0 Å². The summed E-state index contributed by atoms with van der Waals surface area (Å²) in [6.07, 6.45) is 0.942. The van der Waals surface area contributed by atoms with Gasteiger partial charge in [-0.05, 0) is 12.8 Å². The number of carbonyl (C=O) groups is 1. The van der Waals surface area contributed by atoms with Crippen LogP contribution in [0, 0.1) is 5.92 Å². The Morgan fingerprint density at radius 2 is 1.93 bits per heavy atom. The molecule has 0 saturated carbocycles. The maximum absolute atomic E-state index is 11.1. The van der Waals surface area contributed by atoms with Crippen LogP contribution in [-0.4, -0.2) is 38.9 Å². The number of rotatable bonds is 2. The summed E-state index contributed by atoms with van der Waals surface area (Å²) >= 11 is 0. The Morgan fingerprint density at radius 1 is 1.43 bits per heavy atom. The Balaban J connectivity index is 2.51. The maximum Gasteiger partial charge on any atom is 0.308 e. The van der Waals surface area contributed by atoms with E-state index >= 15 is 0 Å². The lowest BCUT2D eigenvalue weighted by Crippen LogP contribution is -2.38. The van der Waals surface area contributed by atoms with E-state index < -0.39 is 9.24 Å². The Bertz CT molecular complexity index is 308. The molecule has 1 rings (SSSR count). The number of nitrogens with zero attached hydrogens (tertiary/aromatic N) is 1. The highest BCUT2D eigenvalue weighted by Gasteiger charge is 2.30. The molecule has 0 atom stereocenters. The summed E-state index contributed by atoms with van der Waals surface area (Å²) in [6.45, 7) is 0.567. The zero-order valence-corrected chi connectivity index (χ0v) is 9.34. The number of halogens is 1. The van der Waals surface area contributed by atoms with E-state index in [9.17, 15) is 13.2 Å². The summed E-state index contributed by atoms with van der Waals surface area (Å²) in [6, 6.07) is 0. The minimum Gasteiger partial charge on any atom is -0.469 e. The molecule has 82 valence electrons. The molecular weight excluding hydrogens is 230 g/mol. The van der Waals surface area contributed by atoms with Crippen LogP contribution in [0.3, 0.4) is 0 Å². The fourth-order valence-electron chi connectivity index (χ4n) is 1.48. The van der Waals surface area contributed by atoms with Crippen LogP contribution in [0.25, 0.3) is 0 Å². The van der Waals surface area contributed by atoms with Gasteiger partial charge < -0.3 is 4.74 Å². The number of methoxy groups -OCH3 is 1. The van der Waals surface area contributed by atoms with Crippen molar-refractivity contribution in [2.45, 2.75) is 12.8 Å². The van der Waals surface area contributed by atoms with Crippen molar-refractivity contribution in [3.05, 3.63) is 0 Å². The first-order valence-electron chi connectivity index (χ1n) is 4.22. The molecule has 0 amide bonds. The third-order valence-corrected chi connectivity index (χ3v) is 3.86. The predicted octanol–water partition coefficient (Wildman–Crippen LogP) is 0.355. The second kappa shape index (κ2) is 4.46. The highest BCUT2D eigenvalue weighted by Crippen LogP contribution is 2.21. The summed E-state index contributed by atoms with van der Waals surface area (Å²) in [5, 5.41) is 0. The molecule has 0 aliphatic carbocycles. The fourth-order valence-corrected chi connectivity index (χ4v) is 2.54. The van der Waals surface area contributed by atoms with Crippen molar-refractivity contribution < 1.29 is 17.9 Å². The first-order valence-corrected chi connectivity index (χ1v) is 6.49. The second-order valence-corrected chi connectivity index (χ2v) is 5.65. The molecule has 0 aromatic rings. The van der Waals surface area contributed by atoms with E-state index in [1.54, 1.807) is 0 Å². The van der Waals surface area contributed by atoms with Crippen molar-refractivity contribution >= 4 is 25.9 Å². The molecule has 14 heavy (non-hydrogen) atoms. The van der Waals surface area contributed by atoms with E-state index in [1.165, 1.54) is 7.11 Å². The van der Waals surface area contributed by atoms with Gasteiger partial charge in [0.25, 0.3) is 9.24 Å². The number of ether oxygens (including phenoxy) is 1. The van der Waals surface area contributed by atoms with Crippen molar-refractivity contribution in [1.29, 1.82) is 0 Å². The zero-order chi connectivity index (χ0) is 10.8. The molecule has 5 nitrogen and oxygen atoms in total. The summed E-state index contributed by atoms with van der Waals surface area (Å²) in [5.74, 6) is -0.480. The summed E-state index contributed by atoms with van der Waals surface area (Å²) in [4.78, 5) is 11.1. The molecule has 1 heterocycles. The quantitative estimate of drug-likeness (QED) is 0.517. The lowest BCUT2D eigenvalue weighted by atomic mass is 9.99. The van der Waals surface area contributed by atoms with Crippen LogP contribution < -0.4 is 0 Å². The molecule has 1 aliphatic rings. The van der Waals surface area contributed by atoms with Crippen LogP contribution in [0.4, 0.5) is 0 Å². The van der Waals surface area contributed by atoms with Crippen molar-refractivity contribution in [1.82, 2.24) is 4.31 Å². The molecule has 7 heteroatoms.